The topological polar surface area (TPSA) is 134 Å². The van der Waals surface area contributed by atoms with E-state index < -0.39 is 11.6 Å². The molecule has 0 bridgehead atoms. The lowest BCUT2D eigenvalue weighted by Crippen LogP contribution is -2.58. The fourth-order valence-electron chi connectivity index (χ4n) is 9.04. The first-order chi connectivity index (χ1) is 33.2. The highest BCUT2D eigenvalue weighted by Crippen LogP contribution is 2.43. The number of hydrogen-bond donors (Lipinski definition) is 1. The van der Waals surface area contributed by atoms with Crippen LogP contribution in [0.4, 0.5) is 0 Å². The molecule has 348 valence electrons. The van der Waals surface area contributed by atoms with Gasteiger partial charge in [-0.1, -0.05) is 91.0 Å². The Kier molecular flexibility index (Phi) is 14.5. The van der Waals surface area contributed by atoms with Crippen molar-refractivity contribution in [2.24, 2.45) is 0 Å². The third-order valence-corrected chi connectivity index (χ3v) is 12.3. The summed E-state index contributed by atoms with van der Waals surface area (Å²) in [5.74, 6) is 2.52. The zero-order chi connectivity index (χ0) is 47.6. The van der Waals surface area contributed by atoms with Crippen LogP contribution in [0.3, 0.4) is 0 Å². The first kappa shape index (κ1) is 46.6. The number of amides is 2. The molecule has 1 aliphatic heterocycles. The van der Waals surface area contributed by atoms with Crippen molar-refractivity contribution in [1.29, 1.82) is 0 Å². The molecule has 13 heteroatoms. The van der Waals surface area contributed by atoms with E-state index in [2.05, 4.69) is 15.2 Å². The van der Waals surface area contributed by atoms with E-state index in [0.717, 1.165) is 38.9 Å². The second-order valence-electron chi connectivity index (χ2n) is 16.3. The van der Waals surface area contributed by atoms with Gasteiger partial charge < -0.3 is 38.6 Å². The minimum atomic E-state index is -1.07. The molecule has 3 heterocycles. The van der Waals surface area contributed by atoms with Gasteiger partial charge in [0.25, 0.3) is 0 Å². The van der Waals surface area contributed by atoms with Crippen molar-refractivity contribution in [1.82, 2.24) is 25.1 Å². The molecular formula is C55H55N5O8. The maximum atomic E-state index is 15.1. The van der Waals surface area contributed by atoms with Gasteiger partial charge in [0.1, 0.15) is 5.54 Å². The molecular weight excluding hydrogens is 859 g/mol. The number of nitrogens with zero attached hydrogens (tertiary/aromatic N) is 4. The van der Waals surface area contributed by atoms with Gasteiger partial charge in [0, 0.05) is 49.7 Å². The molecule has 0 aliphatic carbocycles. The van der Waals surface area contributed by atoms with Crippen molar-refractivity contribution in [3.8, 4) is 57.0 Å². The van der Waals surface area contributed by atoms with Gasteiger partial charge in [-0.25, -0.2) is 0 Å². The van der Waals surface area contributed by atoms with E-state index in [1.807, 2.05) is 144 Å². The van der Waals surface area contributed by atoms with E-state index >= 15 is 9.59 Å². The van der Waals surface area contributed by atoms with Gasteiger partial charge >= 0.3 is 0 Å². The number of aromatic nitrogens is 2. The summed E-state index contributed by atoms with van der Waals surface area (Å²) < 4.78 is 33.7. The normalized spacial score (nSPS) is 13.9. The molecule has 0 spiro atoms. The van der Waals surface area contributed by atoms with Crippen LogP contribution in [0.5, 0.6) is 34.5 Å². The Hall–Kier alpha value is -7.90. The molecule has 2 amide bonds. The van der Waals surface area contributed by atoms with Gasteiger partial charge in [0.05, 0.1) is 66.5 Å². The summed E-state index contributed by atoms with van der Waals surface area (Å²) in [6.07, 6.45) is 3.36. The number of benzene rings is 5. The quantitative estimate of drug-likeness (QED) is 0.0831. The number of rotatable bonds is 18. The predicted molar refractivity (Wildman–Crippen MR) is 260 cm³/mol. The Morgan fingerprint density at radius 2 is 0.971 bits per heavy atom. The summed E-state index contributed by atoms with van der Waals surface area (Å²) >= 11 is 0. The van der Waals surface area contributed by atoms with Gasteiger partial charge in [-0.15, -0.1) is 0 Å². The van der Waals surface area contributed by atoms with Crippen molar-refractivity contribution in [2.75, 3.05) is 55.7 Å². The highest BCUT2D eigenvalue weighted by Gasteiger charge is 2.41. The second-order valence-corrected chi connectivity index (χ2v) is 16.3. The van der Waals surface area contributed by atoms with Crippen LogP contribution < -0.4 is 33.7 Å². The number of pyridine rings is 2. The largest absolute Gasteiger partial charge is 0.493 e. The van der Waals surface area contributed by atoms with E-state index in [-0.39, 0.29) is 18.2 Å². The second kappa shape index (κ2) is 21.2. The van der Waals surface area contributed by atoms with E-state index in [4.69, 9.17) is 33.4 Å². The number of carbonyl (C=O) groups excluding carboxylic acids is 2. The van der Waals surface area contributed by atoms with Gasteiger partial charge in [-0.05, 0) is 76.3 Å². The number of hydrogen-bond acceptors (Lipinski definition) is 11. The number of carbonyl (C=O) groups is 2. The van der Waals surface area contributed by atoms with Crippen molar-refractivity contribution >= 4 is 11.8 Å². The van der Waals surface area contributed by atoms with Gasteiger partial charge in [0.2, 0.25) is 23.3 Å². The van der Waals surface area contributed by atoms with Gasteiger partial charge in [-0.3, -0.25) is 24.5 Å². The Balaban J connectivity index is 1.14. The molecule has 1 unspecified atom stereocenters. The number of methoxy groups -OCH3 is 6. The average molecular weight is 914 g/mol. The lowest BCUT2D eigenvalue weighted by Gasteiger charge is -2.42. The molecule has 5 aromatic carbocycles. The predicted octanol–water partition coefficient (Wildman–Crippen LogP) is 8.57. The van der Waals surface area contributed by atoms with E-state index in [1.54, 1.807) is 55.1 Å². The minimum absolute atomic E-state index is 0.110. The van der Waals surface area contributed by atoms with Crippen molar-refractivity contribution < 1.29 is 38.0 Å². The summed E-state index contributed by atoms with van der Waals surface area (Å²) in [5.41, 5.74) is 6.24. The smallest absolute Gasteiger partial charge is 0.240 e. The van der Waals surface area contributed by atoms with Crippen LogP contribution >= 0.6 is 0 Å². The van der Waals surface area contributed by atoms with E-state index in [1.165, 1.54) is 0 Å². The third kappa shape index (κ3) is 9.65. The number of nitrogens with one attached hydrogen (secondary N) is 1. The first-order valence-electron chi connectivity index (χ1n) is 22.2. The van der Waals surface area contributed by atoms with Crippen LogP contribution in [0, 0.1) is 0 Å². The third-order valence-electron chi connectivity index (χ3n) is 12.3. The average Bonchev–Trinajstić information content (AvgIpc) is 3.39. The molecule has 2 aromatic heterocycles. The van der Waals surface area contributed by atoms with Gasteiger partial charge in [0.15, 0.2) is 23.0 Å². The Bertz CT molecular complexity index is 2700. The maximum absolute atomic E-state index is 15.1. The lowest BCUT2D eigenvalue weighted by atomic mass is 9.77. The van der Waals surface area contributed by atoms with Crippen LogP contribution in [-0.2, 0) is 28.2 Å². The summed E-state index contributed by atoms with van der Waals surface area (Å²) in [7, 11) is 9.41. The van der Waals surface area contributed by atoms with Crippen LogP contribution in [0.2, 0.25) is 0 Å². The fourth-order valence-corrected chi connectivity index (χ4v) is 9.04. The molecule has 1 aliphatic rings. The molecule has 68 heavy (non-hydrogen) atoms. The molecule has 1 fully saturated rings. The molecule has 7 aromatic rings. The molecule has 0 saturated carbocycles. The van der Waals surface area contributed by atoms with Gasteiger partial charge in [-0.2, -0.15) is 0 Å². The van der Waals surface area contributed by atoms with Crippen LogP contribution in [0.1, 0.15) is 34.2 Å². The van der Waals surface area contributed by atoms with Crippen LogP contribution in [0.15, 0.2) is 152 Å². The highest BCUT2D eigenvalue weighted by molar-refractivity contribution is 5.90. The van der Waals surface area contributed by atoms with Crippen LogP contribution in [0.25, 0.3) is 22.5 Å². The van der Waals surface area contributed by atoms with E-state index in [9.17, 15) is 0 Å². The molecule has 1 atom stereocenters. The zero-order valence-electron chi connectivity index (χ0n) is 39.1. The number of ether oxygens (including phenoxy) is 6. The molecule has 8 rings (SSSR count). The van der Waals surface area contributed by atoms with Crippen LogP contribution in [-0.4, -0.2) is 93.4 Å². The monoisotopic (exact) mass is 913 g/mol. The summed E-state index contributed by atoms with van der Waals surface area (Å²) in [5, 5.41) is 3.49. The standard InChI is InChI=1S/C55H55N5O8/c1-63-47-30-39(31-48(64-2)52(47)67-5)44-28-37(22-24-56-44)35-59-26-27-60(36-38-23-25-57-45(29-38)40-32-49(65-3)53(68-6)50(33-40)66-4)54(62)46(59)34-51(61)58-55(41-16-10-7-11-17-41,42-18-12-8-13-19-42)43-20-14-9-15-21-43/h7-25,28-33,46H,26-27,34-36H2,1-6H3,(H,58,61). The summed E-state index contributed by atoms with van der Waals surface area (Å²) in [6, 6.07) is 44.2. The SMILES string of the molecule is COc1cc(-c2cc(CN3CCN(Cc4ccnc(-c5cc(OC)c(OC)c(OC)c5)c4)C(CC(=O)NC(c4ccccc4)(c4ccccc4)c4ccccc4)C3=O)ccn2)cc(OC)c1OC. The zero-order valence-corrected chi connectivity index (χ0v) is 39.1. The maximum Gasteiger partial charge on any atom is 0.240 e. The molecule has 1 N–H and O–H groups in total. The lowest BCUT2D eigenvalue weighted by molar-refractivity contribution is -0.146. The minimum Gasteiger partial charge on any atom is -0.493 e. The molecule has 13 nitrogen and oxygen atoms in total. The Labute approximate surface area is 397 Å². The summed E-state index contributed by atoms with van der Waals surface area (Å²) in [4.78, 5) is 43.4. The number of piperazine rings is 1. The fraction of sp³-hybridized carbons (Fsp3) is 0.236. The highest BCUT2D eigenvalue weighted by atomic mass is 16.5. The molecule has 0 radical (unpaired) electrons. The van der Waals surface area contributed by atoms with Crippen molar-refractivity contribution in [3.05, 3.63) is 180 Å². The molecule has 1 saturated heterocycles. The van der Waals surface area contributed by atoms with E-state index in [0.29, 0.717) is 72.1 Å². The first-order valence-corrected chi connectivity index (χ1v) is 22.2. The van der Waals surface area contributed by atoms with Crippen molar-refractivity contribution in [2.45, 2.75) is 31.1 Å². The Morgan fingerprint density at radius 1 is 0.559 bits per heavy atom. The summed E-state index contributed by atoms with van der Waals surface area (Å²) in [6.45, 7) is 1.59. The van der Waals surface area contributed by atoms with Crippen molar-refractivity contribution in [3.63, 3.8) is 0 Å². The Morgan fingerprint density at radius 3 is 1.37 bits per heavy atom.